The van der Waals surface area contributed by atoms with Gasteiger partial charge in [0.25, 0.3) is 5.91 Å². The van der Waals surface area contributed by atoms with Crippen molar-refractivity contribution in [2.75, 3.05) is 20.1 Å². The van der Waals surface area contributed by atoms with Gasteiger partial charge in [0, 0.05) is 24.3 Å². The van der Waals surface area contributed by atoms with E-state index in [-0.39, 0.29) is 5.91 Å². The highest BCUT2D eigenvalue weighted by atomic mass is 16.1. The summed E-state index contributed by atoms with van der Waals surface area (Å²) in [6, 6.07) is 10.8. The maximum Gasteiger partial charge on any atom is 0.271 e. The molecule has 1 heterocycles. The van der Waals surface area contributed by atoms with Gasteiger partial charge in [-0.3, -0.25) is 9.48 Å². The number of nitrogens with zero attached hydrogens (tertiary/aromatic N) is 3. The molecule has 1 aliphatic rings. The number of nitrogens with one attached hydrogen (secondary N) is 1. The van der Waals surface area contributed by atoms with Gasteiger partial charge in [-0.25, -0.2) is 0 Å². The number of amides is 1. The minimum absolute atomic E-state index is 0.0803. The predicted octanol–water partition coefficient (Wildman–Crippen LogP) is 2.49. The average Bonchev–Trinajstić information content (AvgIpc) is 3.01. The highest BCUT2D eigenvalue weighted by molar-refractivity contribution is 5.93. The molecule has 0 fully saturated rings. The Kier molecular flexibility index (Phi) is 5.53. The van der Waals surface area contributed by atoms with Crippen LogP contribution in [0.5, 0.6) is 0 Å². The van der Waals surface area contributed by atoms with Gasteiger partial charge in [0.1, 0.15) is 0 Å². The van der Waals surface area contributed by atoms with Gasteiger partial charge >= 0.3 is 0 Å². The Balaban J connectivity index is 1.94. The van der Waals surface area contributed by atoms with E-state index in [4.69, 9.17) is 0 Å². The van der Waals surface area contributed by atoms with Gasteiger partial charge in [0.15, 0.2) is 5.69 Å². The van der Waals surface area contributed by atoms with Crippen molar-refractivity contribution in [2.24, 2.45) is 0 Å². The molecule has 0 radical (unpaired) electrons. The van der Waals surface area contributed by atoms with Gasteiger partial charge < -0.3 is 10.2 Å². The second-order valence-corrected chi connectivity index (χ2v) is 6.61. The molecule has 0 aliphatic heterocycles. The van der Waals surface area contributed by atoms with Crippen LogP contribution in [0.3, 0.4) is 0 Å². The molecule has 5 heteroatoms. The normalized spacial score (nSPS) is 16.7. The zero-order chi connectivity index (χ0) is 17.8. The molecule has 0 saturated carbocycles. The summed E-state index contributed by atoms with van der Waals surface area (Å²) in [6.07, 6.45) is 3.02. The minimum atomic E-state index is -0.0803. The molecule has 134 valence electrons. The Morgan fingerprint density at radius 1 is 1.28 bits per heavy atom. The van der Waals surface area contributed by atoms with E-state index in [1.54, 1.807) is 7.05 Å². The third-order valence-electron chi connectivity index (χ3n) is 5.27. The minimum Gasteiger partial charge on any atom is -0.354 e. The number of benzene rings is 1. The topological polar surface area (TPSA) is 50.2 Å². The number of carbonyl (C=O) groups is 1. The Labute approximate surface area is 150 Å². The van der Waals surface area contributed by atoms with Crippen LogP contribution in [-0.2, 0) is 19.4 Å². The lowest BCUT2D eigenvalue weighted by molar-refractivity contribution is 0.0955. The number of rotatable bonds is 6. The van der Waals surface area contributed by atoms with Crippen LogP contribution in [0.2, 0.25) is 0 Å². The highest BCUT2D eigenvalue weighted by Gasteiger charge is 2.30. The van der Waals surface area contributed by atoms with Gasteiger partial charge in [-0.05, 0) is 37.9 Å². The quantitative estimate of drug-likeness (QED) is 0.879. The van der Waals surface area contributed by atoms with Crippen molar-refractivity contribution >= 4 is 5.91 Å². The molecular weight excluding hydrogens is 312 g/mol. The molecule has 1 amide bonds. The first kappa shape index (κ1) is 17.7. The Morgan fingerprint density at radius 2 is 2.00 bits per heavy atom. The Hall–Kier alpha value is -2.14. The monoisotopic (exact) mass is 340 g/mol. The van der Waals surface area contributed by atoms with Crippen LogP contribution in [0.15, 0.2) is 30.3 Å². The summed E-state index contributed by atoms with van der Waals surface area (Å²) in [6.45, 7) is 7.22. The fraction of sp³-hybridized carbons (Fsp3) is 0.500. The van der Waals surface area contributed by atoms with E-state index in [0.29, 0.717) is 11.7 Å². The van der Waals surface area contributed by atoms with Crippen LogP contribution < -0.4 is 5.32 Å². The summed E-state index contributed by atoms with van der Waals surface area (Å²) >= 11 is 0. The predicted molar refractivity (Wildman–Crippen MR) is 99.9 cm³/mol. The molecule has 2 aromatic rings. The van der Waals surface area contributed by atoms with E-state index in [1.807, 2.05) is 22.9 Å². The van der Waals surface area contributed by atoms with Crippen molar-refractivity contribution < 1.29 is 4.79 Å². The van der Waals surface area contributed by atoms with E-state index < -0.39 is 0 Å². The number of likely N-dealkylation sites (N-methyl/N-ethyl adjacent to an activating group) is 1. The molecule has 1 aromatic carbocycles. The zero-order valence-electron chi connectivity index (χ0n) is 15.5. The van der Waals surface area contributed by atoms with E-state index in [0.717, 1.165) is 44.5 Å². The second-order valence-electron chi connectivity index (χ2n) is 6.61. The summed E-state index contributed by atoms with van der Waals surface area (Å²) in [4.78, 5) is 14.9. The highest BCUT2D eigenvalue weighted by Crippen LogP contribution is 2.28. The molecular formula is C20H28N4O. The largest absolute Gasteiger partial charge is 0.354 e. The third-order valence-corrected chi connectivity index (χ3v) is 5.27. The first-order chi connectivity index (χ1) is 12.2. The van der Waals surface area contributed by atoms with Crippen molar-refractivity contribution in [3.05, 3.63) is 52.8 Å². The summed E-state index contributed by atoms with van der Waals surface area (Å²) < 4.78 is 2.04. The molecule has 25 heavy (non-hydrogen) atoms. The number of hydrogen-bond donors (Lipinski definition) is 1. The van der Waals surface area contributed by atoms with Gasteiger partial charge in [0.05, 0.1) is 6.54 Å². The fourth-order valence-corrected chi connectivity index (χ4v) is 3.91. The van der Waals surface area contributed by atoms with Gasteiger partial charge in [-0.15, -0.1) is 0 Å². The summed E-state index contributed by atoms with van der Waals surface area (Å²) in [5.41, 5.74) is 4.18. The lowest BCUT2D eigenvalue weighted by atomic mass is 9.90. The van der Waals surface area contributed by atoms with Crippen molar-refractivity contribution in [3.8, 4) is 0 Å². The summed E-state index contributed by atoms with van der Waals surface area (Å²) in [5, 5.41) is 7.44. The van der Waals surface area contributed by atoms with Crippen molar-refractivity contribution in [3.63, 3.8) is 0 Å². The van der Waals surface area contributed by atoms with E-state index in [9.17, 15) is 4.79 Å². The maximum absolute atomic E-state index is 12.4. The summed E-state index contributed by atoms with van der Waals surface area (Å²) in [5.74, 6) is -0.0803. The van der Waals surface area contributed by atoms with Crippen LogP contribution in [0, 0.1) is 0 Å². The van der Waals surface area contributed by atoms with E-state index in [1.165, 1.54) is 11.3 Å². The molecule has 1 atom stereocenters. The van der Waals surface area contributed by atoms with Crippen LogP contribution in [-0.4, -0.2) is 46.8 Å². The Morgan fingerprint density at radius 3 is 2.64 bits per heavy atom. The van der Waals surface area contributed by atoms with Crippen molar-refractivity contribution in [1.82, 2.24) is 20.0 Å². The van der Waals surface area contributed by atoms with Crippen molar-refractivity contribution in [1.29, 1.82) is 0 Å². The first-order valence-electron chi connectivity index (χ1n) is 9.26. The van der Waals surface area contributed by atoms with Crippen molar-refractivity contribution in [2.45, 2.75) is 45.7 Å². The molecule has 3 rings (SSSR count). The van der Waals surface area contributed by atoms with E-state index >= 15 is 0 Å². The SMILES string of the molecule is CCN(CC)C1CCc2c(c(C(=O)NC)nn2Cc2ccccc2)C1. The van der Waals surface area contributed by atoms with Gasteiger partial charge in [-0.2, -0.15) is 5.10 Å². The molecule has 0 saturated heterocycles. The third kappa shape index (κ3) is 3.61. The number of hydrogen-bond acceptors (Lipinski definition) is 3. The van der Waals surface area contributed by atoms with Gasteiger partial charge in [0.2, 0.25) is 0 Å². The van der Waals surface area contributed by atoms with Crippen LogP contribution in [0.1, 0.15) is 47.6 Å². The van der Waals surface area contributed by atoms with E-state index in [2.05, 4.69) is 41.3 Å². The van der Waals surface area contributed by atoms with Crippen LogP contribution in [0.25, 0.3) is 0 Å². The second kappa shape index (κ2) is 7.83. The molecule has 0 spiro atoms. The molecule has 1 aliphatic carbocycles. The molecule has 1 aromatic heterocycles. The van der Waals surface area contributed by atoms with Crippen LogP contribution in [0.4, 0.5) is 0 Å². The smallest absolute Gasteiger partial charge is 0.271 e. The fourth-order valence-electron chi connectivity index (χ4n) is 3.91. The van der Waals surface area contributed by atoms with Gasteiger partial charge in [-0.1, -0.05) is 44.2 Å². The lowest BCUT2D eigenvalue weighted by Crippen LogP contribution is -2.39. The number of carbonyl (C=O) groups excluding carboxylic acids is 1. The zero-order valence-corrected chi connectivity index (χ0v) is 15.5. The first-order valence-corrected chi connectivity index (χ1v) is 9.26. The molecule has 5 nitrogen and oxygen atoms in total. The summed E-state index contributed by atoms with van der Waals surface area (Å²) in [7, 11) is 1.68. The number of aromatic nitrogens is 2. The molecule has 1 unspecified atom stereocenters. The number of fused-ring (bicyclic) bond motifs is 1. The molecule has 0 bridgehead atoms. The molecule has 1 N–H and O–H groups in total. The lowest BCUT2D eigenvalue weighted by Gasteiger charge is -2.33. The standard InChI is InChI=1S/C20H28N4O/c1-4-23(5-2)16-11-12-18-17(13-16)19(20(25)21-3)22-24(18)14-15-9-7-6-8-10-15/h6-10,16H,4-5,11-14H2,1-3H3,(H,21,25). The van der Waals surface area contributed by atoms with Crippen LogP contribution >= 0.6 is 0 Å². The Bertz CT molecular complexity index is 719. The maximum atomic E-state index is 12.4. The average molecular weight is 340 g/mol.